The summed E-state index contributed by atoms with van der Waals surface area (Å²) in [6, 6.07) is 0. The van der Waals surface area contributed by atoms with Crippen LogP contribution in [-0.2, 0) is 10.3 Å². The highest BCUT2D eigenvalue weighted by Gasteiger charge is 2.40. The average molecular weight is 255 g/mol. The maximum absolute atomic E-state index is 13.2. The van der Waals surface area contributed by atoms with Crippen LogP contribution in [0.3, 0.4) is 0 Å². The van der Waals surface area contributed by atoms with Crippen LogP contribution < -0.4 is 5.73 Å². The highest BCUT2D eigenvalue weighted by Crippen LogP contribution is 2.30. The van der Waals surface area contributed by atoms with Gasteiger partial charge in [-0.2, -0.15) is 0 Å². The van der Waals surface area contributed by atoms with Crippen LogP contribution in [0.4, 0.5) is 22.0 Å². The smallest absolute Gasteiger partial charge is 0.328 e. The lowest BCUT2D eigenvalue weighted by atomic mass is 9.92. The van der Waals surface area contributed by atoms with E-state index in [2.05, 4.69) is 0 Å². The molecule has 1 aromatic rings. The second-order valence-electron chi connectivity index (χ2n) is 3.45. The van der Waals surface area contributed by atoms with E-state index in [4.69, 9.17) is 10.8 Å². The van der Waals surface area contributed by atoms with E-state index in [1.807, 2.05) is 0 Å². The minimum absolute atomic E-state index is 0.619. The van der Waals surface area contributed by atoms with Crippen molar-refractivity contribution in [2.75, 3.05) is 0 Å². The first-order valence-electron chi connectivity index (χ1n) is 4.16. The Labute approximate surface area is 91.6 Å². The molecule has 0 aliphatic rings. The summed E-state index contributed by atoms with van der Waals surface area (Å²) in [5.74, 6) is -13.3. The van der Waals surface area contributed by atoms with Crippen LogP contribution in [0.1, 0.15) is 12.5 Å². The molecule has 0 aliphatic heterocycles. The van der Waals surface area contributed by atoms with Gasteiger partial charge in [0.2, 0.25) is 5.82 Å². The van der Waals surface area contributed by atoms with Gasteiger partial charge in [0.05, 0.1) is 5.56 Å². The molecule has 94 valence electrons. The van der Waals surface area contributed by atoms with Gasteiger partial charge in [-0.05, 0) is 6.92 Å². The van der Waals surface area contributed by atoms with E-state index in [-0.39, 0.29) is 0 Å². The zero-order chi connectivity index (χ0) is 13.5. The Morgan fingerprint density at radius 3 is 1.59 bits per heavy atom. The van der Waals surface area contributed by atoms with Crippen molar-refractivity contribution in [3.63, 3.8) is 0 Å². The SMILES string of the molecule is C[C@](N)(C(=O)O)c1c(F)c(F)c(F)c(F)c1F. The lowest BCUT2D eigenvalue weighted by Crippen LogP contribution is -2.44. The molecule has 0 amide bonds. The Morgan fingerprint density at radius 1 is 1.00 bits per heavy atom. The minimum atomic E-state index is -2.73. The van der Waals surface area contributed by atoms with Crippen molar-refractivity contribution in [1.29, 1.82) is 0 Å². The molecule has 0 aromatic heterocycles. The number of carbonyl (C=O) groups is 1. The van der Waals surface area contributed by atoms with Gasteiger partial charge in [-0.15, -0.1) is 0 Å². The van der Waals surface area contributed by atoms with Crippen molar-refractivity contribution < 1.29 is 31.9 Å². The Kier molecular flexibility index (Phi) is 3.11. The topological polar surface area (TPSA) is 63.3 Å². The van der Waals surface area contributed by atoms with E-state index in [0.717, 1.165) is 0 Å². The number of benzene rings is 1. The van der Waals surface area contributed by atoms with Gasteiger partial charge >= 0.3 is 5.97 Å². The number of halogens is 5. The highest BCUT2D eigenvalue weighted by atomic mass is 19.2. The van der Waals surface area contributed by atoms with Crippen molar-refractivity contribution in [3.05, 3.63) is 34.6 Å². The van der Waals surface area contributed by atoms with Crippen molar-refractivity contribution in [2.24, 2.45) is 5.73 Å². The summed E-state index contributed by atoms with van der Waals surface area (Å²) < 4.78 is 64.6. The predicted octanol–water partition coefficient (Wildman–Crippen LogP) is 1.64. The van der Waals surface area contributed by atoms with Gasteiger partial charge in [0, 0.05) is 0 Å². The fraction of sp³-hybridized carbons (Fsp3) is 0.222. The Morgan fingerprint density at radius 2 is 1.29 bits per heavy atom. The summed E-state index contributed by atoms with van der Waals surface area (Å²) in [7, 11) is 0. The second kappa shape index (κ2) is 3.95. The third-order valence-corrected chi connectivity index (χ3v) is 2.17. The molecule has 0 fully saturated rings. The van der Waals surface area contributed by atoms with Crippen LogP contribution in [0.5, 0.6) is 0 Å². The molecule has 1 aromatic carbocycles. The first-order valence-corrected chi connectivity index (χ1v) is 4.16. The molecule has 0 aliphatic carbocycles. The standard InChI is InChI=1S/C9H6F5NO2/c1-9(15,8(16)17)2-3(10)5(12)7(14)6(13)4(2)11/h15H2,1H3,(H,16,17)/t9-/m1/s1. The van der Waals surface area contributed by atoms with Gasteiger partial charge in [-0.1, -0.05) is 0 Å². The molecule has 0 unspecified atom stereocenters. The lowest BCUT2D eigenvalue weighted by Gasteiger charge is -2.21. The summed E-state index contributed by atoms with van der Waals surface area (Å²) in [4.78, 5) is 10.6. The zero-order valence-corrected chi connectivity index (χ0v) is 8.32. The molecule has 17 heavy (non-hydrogen) atoms. The molecule has 0 saturated heterocycles. The Hall–Kier alpha value is -1.70. The van der Waals surface area contributed by atoms with Crippen LogP contribution in [0.25, 0.3) is 0 Å². The van der Waals surface area contributed by atoms with Crippen molar-refractivity contribution in [2.45, 2.75) is 12.5 Å². The largest absolute Gasteiger partial charge is 0.480 e. The van der Waals surface area contributed by atoms with Crippen LogP contribution in [0.15, 0.2) is 0 Å². The van der Waals surface area contributed by atoms with Gasteiger partial charge in [-0.25, -0.2) is 26.7 Å². The van der Waals surface area contributed by atoms with E-state index in [1.165, 1.54) is 0 Å². The van der Waals surface area contributed by atoms with Gasteiger partial charge in [0.25, 0.3) is 0 Å². The average Bonchev–Trinajstić information content (AvgIpc) is 2.23. The van der Waals surface area contributed by atoms with Gasteiger partial charge in [0.15, 0.2) is 23.3 Å². The molecule has 0 spiro atoms. The van der Waals surface area contributed by atoms with E-state index in [0.29, 0.717) is 6.92 Å². The van der Waals surface area contributed by atoms with Gasteiger partial charge < -0.3 is 10.8 Å². The molecule has 8 heteroatoms. The number of carboxylic acid groups (broad SMARTS) is 1. The number of rotatable bonds is 2. The Bertz CT molecular complexity index is 472. The molecular weight excluding hydrogens is 249 g/mol. The van der Waals surface area contributed by atoms with Crippen LogP contribution in [-0.4, -0.2) is 11.1 Å². The van der Waals surface area contributed by atoms with E-state index in [1.54, 1.807) is 0 Å². The summed E-state index contributed by atoms with van der Waals surface area (Å²) in [5, 5.41) is 8.60. The monoisotopic (exact) mass is 255 g/mol. The predicted molar refractivity (Wildman–Crippen MR) is 45.4 cm³/mol. The molecule has 1 atom stereocenters. The maximum atomic E-state index is 13.2. The molecular formula is C9H6F5NO2. The Balaban J connectivity index is 3.72. The van der Waals surface area contributed by atoms with E-state index in [9.17, 15) is 26.7 Å². The zero-order valence-electron chi connectivity index (χ0n) is 8.32. The number of aliphatic carboxylic acids is 1. The normalized spacial score (nSPS) is 14.5. The molecule has 0 saturated carbocycles. The van der Waals surface area contributed by atoms with E-state index < -0.39 is 46.2 Å². The first kappa shape index (κ1) is 13.4. The van der Waals surface area contributed by atoms with Crippen molar-refractivity contribution in [1.82, 2.24) is 0 Å². The quantitative estimate of drug-likeness (QED) is 0.479. The fourth-order valence-corrected chi connectivity index (χ4v) is 1.17. The molecule has 3 N–H and O–H groups in total. The lowest BCUT2D eigenvalue weighted by molar-refractivity contribution is -0.143. The van der Waals surface area contributed by atoms with Crippen molar-refractivity contribution >= 4 is 5.97 Å². The van der Waals surface area contributed by atoms with Crippen LogP contribution in [0, 0.1) is 29.1 Å². The van der Waals surface area contributed by atoms with Crippen LogP contribution >= 0.6 is 0 Å². The molecule has 0 radical (unpaired) electrons. The maximum Gasteiger partial charge on any atom is 0.328 e. The molecule has 1 rings (SSSR count). The van der Waals surface area contributed by atoms with E-state index >= 15 is 0 Å². The first-order chi connectivity index (χ1) is 7.62. The molecule has 3 nitrogen and oxygen atoms in total. The number of carboxylic acids is 1. The molecule has 0 heterocycles. The number of nitrogens with two attached hydrogens (primary N) is 1. The number of hydrogen-bond acceptors (Lipinski definition) is 2. The number of hydrogen-bond donors (Lipinski definition) is 2. The van der Waals surface area contributed by atoms with Gasteiger partial charge in [0.1, 0.15) is 5.54 Å². The van der Waals surface area contributed by atoms with Crippen LogP contribution in [0.2, 0.25) is 0 Å². The van der Waals surface area contributed by atoms with Gasteiger partial charge in [-0.3, -0.25) is 0 Å². The minimum Gasteiger partial charge on any atom is -0.480 e. The second-order valence-corrected chi connectivity index (χ2v) is 3.45. The summed E-state index contributed by atoms with van der Waals surface area (Å²) in [5.41, 5.74) is 0.720. The summed E-state index contributed by atoms with van der Waals surface area (Å²) in [6.07, 6.45) is 0. The molecule has 0 bridgehead atoms. The highest BCUT2D eigenvalue weighted by molar-refractivity contribution is 5.80. The van der Waals surface area contributed by atoms with Crippen molar-refractivity contribution in [3.8, 4) is 0 Å². The summed E-state index contributed by atoms with van der Waals surface area (Å²) >= 11 is 0. The fourth-order valence-electron chi connectivity index (χ4n) is 1.17. The third kappa shape index (κ3) is 1.84. The third-order valence-electron chi connectivity index (χ3n) is 2.17. The summed E-state index contributed by atoms with van der Waals surface area (Å²) in [6.45, 7) is 0.619.